The Kier molecular flexibility index (Phi) is 2.92. The summed E-state index contributed by atoms with van der Waals surface area (Å²) in [4.78, 5) is 26.3. The van der Waals surface area contributed by atoms with E-state index in [0.717, 1.165) is 36.3 Å². The third-order valence-corrected chi connectivity index (χ3v) is 4.11. The summed E-state index contributed by atoms with van der Waals surface area (Å²) in [5, 5.41) is 4.65. The minimum atomic E-state index is -0.0334. The van der Waals surface area contributed by atoms with Gasteiger partial charge in [-0.25, -0.2) is 9.97 Å². The lowest BCUT2D eigenvalue weighted by Crippen LogP contribution is -2.31. The Morgan fingerprint density at radius 1 is 1.45 bits per heavy atom. The number of hydrogen-bond acceptors (Lipinski definition) is 5. The predicted octanol–water partition coefficient (Wildman–Crippen LogP) is 2.23. The molecule has 22 heavy (non-hydrogen) atoms. The fourth-order valence-electron chi connectivity index (χ4n) is 2.98. The maximum Gasteiger partial charge on any atom is 0.257 e. The van der Waals surface area contributed by atoms with Crippen molar-refractivity contribution >= 4 is 17.0 Å². The maximum absolute atomic E-state index is 12.8. The molecule has 7 nitrogen and oxygen atoms in total. The first-order valence-corrected chi connectivity index (χ1v) is 7.26. The molecule has 3 aromatic rings. The highest BCUT2D eigenvalue weighted by molar-refractivity contribution is 5.97. The molecule has 3 aromatic heterocycles. The van der Waals surface area contributed by atoms with Gasteiger partial charge in [0.25, 0.3) is 11.6 Å². The van der Waals surface area contributed by atoms with Crippen LogP contribution in [0.25, 0.3) is 11.1 Å². The van der Waals surface area contributed by atoms with Gasteiger partial charge in [0.2, 0.25) is 0 Å². The van der Waals surface area contributed by atoms with Gasteiger partial charge in [-0.2, -0.15) is 0 Å². The van der Waals surface area contributed by atoms with Crippen molar-refractivity contribution in [1.29, 1.82) is 0 Å². The van der Waals surface area contributed by atoms with E-state index in [1.165, 1.54) is 0 Å². The minimum Gasteiger partial charge on any atom is -0.347 e. The van der Waals surface area contributed by atoms with Crippen LogP contribution in [0.4, 0.5) is 0 Å². The van der Waals surface area contributed by atoms with Crippen LogP contribution in [0.3, 0.4) is 0 Å². The standard InChI is InChI=1S/C15H15N5O2/c1-9-11-7-10(8-18-14(11)22-19-9)15(21)20-6-2-3-12(20)13-16-4-5-17-13/h4-5,7-8,12H,2-3,6H2,1H3,(H,16,17)/t12-/m0/s1. The molecule has 1 aliphatic rings. The van der Waals surface area contributed by atoms with Crippen molar-refractivity contribution in [2.75, 3.05) is 6.54 Å². The zero-order valence-electron chi connectivity index (χ0n) is 12.1. The predicted molar refractivity (Wildman–Crippen MR) is 78.1 cm³/mol. The summed E-state index contributed by atoms with van der Waals surface area (Å²) < 4.78 is 5.09. The van der Waals surface area contributed by atoms with Gasteiger partial charge in [0.1, 0.15) is 5.82 Å². The molecule has 7 heteroatoms. The Balaban J connectivity index is 1.68. The van der Waals surface area contributed by atoms with Crippen molar-refractivity contribution in [1.82, 2.24) is 25.0 Å². The monoisotopic (exact) mass is 297 g/mol. The van der Waals surface area contributed by atoms with Gasteiger partial charge < -0.3 is 14.4 Å². The number of carbonyl (C=O) groups is 1. The fourth-order valence-corrected chi connectivity index (χ4v) is 2.98. The number of fused-ring (bicyclic) bond motifs is 1. The summed E-state index contributed by atoms with van der Waals surface area (Å²) in [5.74, 6) is 0.801. The molecule has 112 valence electrons. The van der Waals surface area contributed by atoms with Crippen LogP contribution in [0.5, 0.6) is 0 Å². The van der Waals surface area contributed by atoms with Crippen molar-refractivity contribution < 1.29 is 9.32 Å². The van der Waals surface area contributed by atoms with Crippen LogP contribution in [0.1, 0.15) is 40.8 Å². The summed E-state index contributed by atoms with van der Waals surface area (Å²) in [7, 11) is 0. The number of amides is 1. The Labute approximate surface area is 126 Å². The molecular formula is C15H15N5O2. The van der Waals surface area contributed by atoms with Crippen LogP contribution in [0.15, 0.2) is 29.2 Å². The number of H-pyrrole nitrogens is 1. The number of carbonyl (C=O) groups excluding carboxylic acids is 1. The Morgan fingerprint density at radius 2 is 2.36 bits per heavy atom. The van der Waals surface area contributed by atoms with Crippen LogP contribution in [-0.2, 0) is 0 Å². The lowest BCUT2D eigenvalue weighted by atomic mass is 10.1. The van der Waals surface area contributed by atoms with E-state index in [0.29, 0.717) is 11.3 Å². The second-order valence-corrected chi connectivity index (χ2v) is 5.48. The fraction of sp³-hybridized carbons (Fsp3) is 0.333. The number of pyridine rings is 1. The molecule has 0 bridgehead atoms. The average Bonchev–Trinajstić information content (AvgIpc) is 3.26. The highest BCUT2D eigenvalue weighted by Gasteiger charge is 2.32. The highest BCUT2D eigenvalue weighted by atomic mass is 16.5. The molecule has 4 heterocycles. The Morgan fingerprint density at radius 3 is 3.18 bits per heavy atom. The third kappa shape index (κ3) is 1.97. The molecule has 1 amide bonds. The summed E-state index contributed by atoms with van der Waals surface area (Å²) >= 11 is 0. The SMILES string of the molecule is Cc1noc2ncc(C(=O)N3CCC[C@H]3c3ncc[nH]3)cc12. The van der Waals surface area contributed by atoms with Crippen LogP contribution in [0, 0.1) is 6.92 Å². The summed E-state index contributed by atoms with van der Waals surface area (Å²) in [5.41, 5.74) is 1.75. The average molecular weight is 297 g/mol. The van der Waals surface area contributed by atoms with Gasteiger partial charge in [-0.3, -0.25) is 4.79 Å². The lowest BCUT2D eigenvalue weighted by molar-refractivity contribution is 0.0730. The van der Waals surface area contributed by atoms with Crippen molar-refractivity contribution in [3.05, 3.63) is 41.7 Å². The van der Waals surface area contributed by atoms with E-state index >= 15 is 0 Å². The molecule has 4 rings (SSSR count). The number of nitrogens with one attached hydrogen (secondary N) is 1. The van der Waals surface area contributed by atoms with Crippen molar-refractivity contribution in [3.8, 4) is 0 Å². The number of aromatic amines is 1. The first-order chi connectivity index (χ1) is 10.7. The van der Waals surface area contributed by atoms with Gasteiger partial charge in [0.05, 0.1) is 22.7 Å². The number of imidazole rings is 1. The summed E-state index contributed by atoms with van der Waals surface area (Å²) in [6.45, 7) is 2.56. The second kappa shape index (κ2) is 4.94. The number of aryl methyl sites for hydroxylation is 1. The highest BCUT2D eigenvalue weighted by Crippen LogP contribution is 2.31. The van der Waals surface area contributed by atoms with Gasteiger partial charge >= 0.3 is 0 Å². The Hall–Kier alpha value is -2.70. The van der Waals surface area contributed by atoms with E-state index < -0.39 is 0 Å². The molecule has 0 aliphatic carbocycles. The summed E-state index contributed by atoms with van der Waals surface area (Å²) in [6.07, 6.45) is 6.93. The number of rotatable bonds is 2. The number of nitrogens with zero attached hydrogens (tertiary/aromatic N) is 4. The second-order valence-electron chi connectivity index (χ2n) is 5.48. The summed E-state index contributed by atoms with van der Waals surface area (Å²) in [6, 6.07) is 1.80. The number of likely N-dealkylation sites (tertiary alicyclic amines) is 1. The quantitative estimate of drug-likeness (QED) is 0.783. The molecule has 1 aliphatic heterocycles. The van der Waals surface area contributed by atoms with E-state index in [1.54, 1.807) is 24.7 Å². The van der Waals surface area contributed by atoms with Gasteiger partial charge in [-0.1, -0.05) is 5.16 Å². The first kappa shape index (κ1) is 13.0. The van der Waals surface area contributed by atoms with E-state index in [2.05, 4.69) is 20.1 Å². The normalized spacial score (nSPS) is 18.2. The molecule has 0 saturated carbocycles. The van der Waals surface area contributed by atoms with Crippen LogP contribution in [-0.4, -0.2) is 37.5 Å². The molecule has 1 saturated heterocycles. The van der Waals surface area contributed by atoms with Crippen molar-refractivity contribution in [3.63, 3.8) is 0 Å². The molecular weight excluding hydrogens is 282 g/mol. The molecule has 0 aromatic carbocycles. The topological polar surface area (TPSA) is 87.9 Å². The minimum absolute atomic E-state index is 0.00164. The molecule has 1 atom stereocenters. The van der Waals surface area contributed by atoms with Crippen LogP contribution < -0.4 is 0 Å². The van der Waals surface area contributed by atoms with E-state index in [4.69, 9.17) is 4.52 Å². The lowest BCUT2D eigenvalue weighted by Gasteiger charge is -2.23. The maximum atomic E-state index is 12.8. The molecule has 0 spiro atoms. The van der Waals surface area contributed by atoms with Gasteiger partial charge in [0, 0.05) is 25.1 Å². The van der Waals surface area contributed by atoms with Gasteiger partial charge in [0.15, 0.2) is 0 Å². The number of aromatic nitrogens is 4. The van der Waals surface area contributed by atoms with E-state index in [-0.39, 0.29) is 11.9 Å². The smallest absolute Gasteiger partial charge is 0.257 e. The molecule has 0 unspecified atom stereocenters. The third-order valence-electron chi connectivity index (χ3n) is 4.11. The zero-order valence-corrected chi connectivity index (χ0v) is 12.1. The first-order valence-electron chi connectivity index (χ1n) is 7.26. The largest absolute Gasteiger partial charge is 0.347 e. The number of hydrogen-bond donors (Lipinski definition) is 1. The van der Waals surface area contributed by atoms with Crippen molar-refractivity contribution in [2.24, 2.45) is 0 Å². The van der Waals surface area contributed by atoms with Gasteiger partial charge in [-0.05, 0) is 25.8 Å². The Bertz CT molecular complexity index is 824. The van der Waals surface area contributed by atoms with Crippen LogP contribution >= 0.6 is 0 Å². The zero-order chi connectivity index (χ0) is 15.1. The van der Waals surface area contributed by atoms with Crippen LogP contribution in [0.2, 0.25) is 0 Å². The van der Waals surface area contributed by atoms with Crippen molar-refractivity contribution in [2.45, 2.75) is 25.8 Å². The van der Waals surface area contributed by atoms with Gasteiger partial charge in [-0.15, -0.1) is 0 Å². The molecule has 0 radical (unpaired) electrons. The molecule has 1 fully saturated rings. The van der Waals surface area contributed by atoms with E-state index in [9.17, 15) is 4.79 Å². The molecule has 1 N–H and O–H groups in total. The van der Waals surface area contributed by atoms with E-state index in [1.807, 2.05) is 11.8 Å².